The number of hydrogen-bond donors (Lipinski definition) is 1. The molecule has 14 heteroatoms. The van der Waals surface area contributed by atoms with Crippen LogP contribution in [0.25, 0.3) is 11.3 Å². The monoisotopic (exact) mass is 733 g/mol. The van der Waals surface area contributed by atoms with Crippen molar-refractivity contribution in [2.24, 2.45) is 0 Å². The number of aliphatic hydroxyl groups excluding tert-OH is 1. The maximum Gasteiger partial charge on any atom is 0.194 e. The van der Waals surface area contributed by atoms with Gasteiger partial charge in [-0.2, -0.15) is 0 Å². The van der Waals surface area contributed by atoms with Crippen LogP contribution < -0.4 is 0 Å². The molecule has 2 aliphatic rings. The Balaban J connectivity index is 1.31. The largest absolute Gasteiger partial charge is 0.388 e. The van der Waals surface area contributed by atoms with E-state index in [1.54, 1.807) is 7.11 Å². The second kappa shape index (κ2) is 16.0. The van der Waals surface area contributed by atoms with Gasteiger partial charge in [-0.15, -0.1) is 5.10 Å². The van der Waals surface area contributed by atoms with Gasteiger partial charge in [0.05, 0.1) is 26.0 Å². The predicted octanol–water partition coefficient (Wildman–Crippen LogP) is 5.55. The van der Waals surface area contributed by atoms with Crippen LogP contribution >= 0.6 is 15.9 Å². The highest BCUT2D eigenvalue weighted by Crippen LogP contribution is 2.41. The molecule has 1 N–H and O–H groups in total. The Kier molecular flexibility index (Phi) is 11.5. The molecule has 2 aliphatic heterocycles. The van der Waals surface area contributed by atoms with Crippen LogP contribution in [0.2, 0.25) is 0 Å². The zero-order valence-corrected chi connectivity index (χ0v) is 27.5. The topological polar surface area (TPSA) is 106 Å². The van der Waals surface area contributed by atoms with Crippen LogP contribution in [0.15, 0.2) is 77.4 Å². The minimum absolute atomic E-state index is 0.0254. The number of ether oxygens (including phenoxy) is 6. The molecule has 3 unspecified atom stereocenters. The summed E-state index contributed by atoms with van der Waals surface area (Å²) in [4.78, 5) is 0. The number of hydrogen-bond acceptors (Lipinski definition) is 9. The van der Waals surface area contributed by atoms with E-state index in [1.165, 1.54) is 10.9 Å². The molecule has 2 fully saturated rings. The van der Waals surface area contributed by atoms with Crippen molar-refractivity contribution in [3.63, 3.8) is 0 Å². The van der Waals surface area contributed by atoms with Crippen molar-refractivity contribution in [2.75, 3.05) is 33.5 Å². The fourth-order valence-electron chi connectivity index (χ4n) is 5.82. The van der Waals surface area contributed by atoms with Crippen molar-refractivity contribution < 1.29 is 46.7 Å². The van der Waals surface area contributed by atoms with Gasteiger partial charge in [-0.05, 0) is 36.2 Å². The molecule has 3 heterocycles. The Hall–Kier alpha value is -3.21. The normalized spacial score (nSPS) is 24.7. The number of aromatic nitrogens is 3. The molecule has 6 rings (SSSR count). The molecular formula is C34H35BrF3N3O7. The number of benzene rings is 3. The number of aliphatic hydroxyl groups is 1. The first-order chi connectivity index (χ1) is 23.3. The Morgan fingerprint density at radius 3 is 2.50 bits per heavy atom. The van der Waals surface area contributed by atoms with Crippen LogP contribution in [0.4, 0.5) is 13.2 Å². The van der Waals surface area contributed by atoms with Gasteiger partial charge in [0, 0.05) is 35.9 Å². The zero-order chi connectivity index (χ0) is 33.6. The third kappa shape index (κ3) is 7.98. The lowest BCUT2D eigenvalue weighted by molar-refractivity contribution is -0.327. The van der Waals surface area contributed by atoms with Crippen LogP contribution in [-0.4, -0.2) is 84.2 Å². The Bertz CT molecular complexity index is 1610. The van der Waals surface area contributed by atoms with Gasteiger partial charge in [0.15, 0.2) is 23.7 Å². The van der Waals surface area contributed by atoms with E-state index in [0.717, 1.165) is 27.7 Å². The second-order valence-electron chi connectivity index (χ2n) is 11.5. The SMILES string of the molecule is COCCCOC[C@@H](OCc1ccc(Br)cc1)[C@@H]1OC2COC(c3ccccc3)O[C@@H]2[C@H](n2cc(-c3cc(F)c(F)c(F)c3)nn2)C1O. The van der Waals surface area contributed by atoms with E-state index in [9.17, 15) is 18.3 Å². The quantitative estimate of drug-likeness (QED) is 0.140. The summed E-state index contributed by atoms with van der Waals surface area (Å²) >= 11 is 3.44. The molecule has 256 valence electrons. The average molecular weight is 735 g/mol. The minimum atomic E-state index is -1.59. The van der Waals surface area contributed by atoms with Crippen LogP contribution in [0.3, 0.4) is 0 Å². The number of rotatable bonds is 13. The van der Waals surface area contributed by atoms with Crippen LogP contribution in [0, 0.1) is 17.5 Å². The lowest BCUT2D eigenvalue weighted by Gasteiger charge is -2.49. The third-order valence-electron chi connectivity index (χ3n) is 8.24. The highest BCUT2D eigenvalue weighted by Gasteiger charge is 2.53. The first kappa shape index (κ1) is 34.6. The van der Waals surface area contributed by atoms with Gasteiger partial charge in [0.1, 0.15) is 42.3 Å². The zero-order valence-electron chi connectivity index (χ0n) is 26.0. The summed E-state index contributed by atoms with van der Waals surface area (Å²) in [7, 11) is 1.61. The third-order valence-corrected chi connectivity index (χ3v) is 8.77. The van der Waals surface area contributed by atoms with Gasteiger partial charge in [-0.3, -0.25) is 0 Å². The van der Waals surface area contributed by atoms with Crippen molar-refractivity contribution in [1.82, 2.24) is 15.0 Å². The van der Waals surface area contributed by atoms with Gasteiger partial charge >= 0.3 is 0 Å². The molecule has 0 amide bonds. The van der Waals surface area contributed by atoms with Crippen molar-refractivity contribution >= 4 is 15.9 Å². The number of nitrogens with zero attached hydrogens (tertiary/aromatic N) is 3. The smallest absolute Gasteiger partial charge is 0.194 e. The lowest BCUT2D eigenvalue weighted by atomic mass is 9.89. The summed E-state index contributed by atoms with van der Waals surface area (Å²) in [6.07, 6.45) is -3.12. The maximum absolute atomic E-state index is 14.1. The molecule has 0 spiro atoms. The molecular weight excluding hydrogens is 699 g/mol. The van der Waals surface area contributed by atoms with E-state index >= 15 is 0 Å². The fourth-order valence-corrected chi connectivity index (χ4v) is 6.08. The van der Waals surface area contributed by atoms with Gasteiger partial charge in [0.25, 0.3) is 0 Å². The standard InChI is InChI=1S/C34H35BrF3N3O7/c1-43-12-5-13-44-18-27(45-17-20-8-10-23(35)11-9-20)33-31(42)30(32-28(47-33)19-46-34(48-32)21-6-3-2-4-7-21)41-16-26(39-40-41)22-14-24(36)29(38)25(37)15-22/h2-4,6-11,14-16,27-28,30-34,42H,5,12-13,17-19H2,1H3/t27-,28?,30-,31?,32+,33+,34?/m1/s1. The summed E-state index contributed by atoms with van der Waals surface area (Å²) in [5.41, 5.74) is 1.71. The van der Waals surface area contributed by atoms with Crippen LogP contribution in [-0.2, 0) is 35.0 Å². The molecule has 48 heavy (non-hydrogen) atoms. The van der Waals surface area contributed by atoms with Crippen molar-refractivity contribution in [2.45, 2.75) is 55.9 Å². The summed E-state index contributed by atoms with van der Waals surface area (Å²) in [6, 6.07) is 17.7. The summed E-state index contributed by atoms with van der Waals surface area (Å²) < 4.78 is 80.6. The summed E-state index contributed by atoms with van der Waals surface area (Å²) in [6.45, 7) is 1.34. The van der Waals surface area contributed by atoms with Gasteiger partial charge in [0.2, 0.25) is 0 Å². The molecule has 2 saturated heterocycles. The van der Waals surface area contributed by atoms with Crippen molar-refractivity contribution in [3.8, 4) is 11.3 Å². The fraction of sp³-hybridized carbons (Fsp3) is 0.412. The number of halogens is 4. The average Bonchev–Trinajstić information content (AvgIpc) is 3.59. The summed E-state index contributed by atoms with van der Waals surface area (Å²) in [5, 5.41) is 20.4. The van der Waals surface area contributed by atoms with E-state index in [-0.39, 0.29) is 31.1 Å². The van der Waals surface area contributed by atoms with E-state index in [2.05, 4.69) is 26.2 Å². The first-order valence-corrected chi connectivity index (χ1v) is 16.3. The second-order valence-corrected chi connectivity index (χ2v) is 12.4. The number of methoxy groups -OCH3 is 1. The number of fused-ring (bicyclic) bond motifs is 1. The molecule has 4 aromatic rings. The van der Waals surface area contributed by atoms with Gasteiger partial charge < -0.3 is 33.5 Å². The van der Waals surface area contributed by atoms with Crippen molar-refractivity contribution in [3.05, 3.63) is 106 Å². The first-order valence-electron chi connectivity index (χ1n) is 15.5. The molecule has 0 bridgehead atoms. The van der Waals surface area contributed by atoms with E-state index < -0.39 is 60.3 Å². The van der Waals surface area contributed by atoms with Crippen molar-refractivity contribution in [1.29, 1.82) is 0 Å². The van der Waals surface area contributed by atoms with Gasteiger partial charge in [-0.1, -0.05) is 63.6 Å². The maximum atomic E-state index is 14.1. The Labute approximate surface area is 283 Å². The Morgan fingerprint density at radius 1 is 1.02 bits per heavy atom. The molecule has 0 aliphatic carbocycles. The molecule has 3 aromatic carbocycles. The molecule has 10 nitrogen and oxygen atoms in total. The molecule has 7 atom stereocenters. The highest BCUT2D eigenvalue weighted by molar-refractivity contribution is 9.10. The van der Waals surface area contributed by atoms with Crippen LogP contribution in [0.1, 0.15) is 29.9 Å². The Morgan fingerprint density at radius 2 is 1.77 bits per heavy atom. The van der Waals surface area contributed by atoms with E-state index in [1.807, 2.05) is 54.6 Å². The lowest BCUT2D eigenvalue weighted by Crippen LogP contribution is -2.62. The molecule has 0 saturated carbocycles. The molecule has 0 radical (unpaired) electrons. The predicted molar refractivity (Wildman–Crippen MR) is 169 cm³/mol. The molecule has 1 aromatic heterocycles. The minimum Gasteiger partial charge on any atom is -0.388 e. The summed E-state index contributed by atoms with van der Waals surface area (Å²) in [5.74, 6) is -4.31. The van der Waals surface area contributed by atoms with Crippen LogP contribution in [0.5, 0.6) is 0 Å². The van der Waals surface area contributed by atoms with E-state index in [4.69, 9.17) is 28.4 Å². The van der Waals surface area contributed by atoms with Gasteiger partial charge in [-0.25, -0.2) is 17.9 Å². The highest BCUT2D eigenvalue weighted by atomic mass is 79.9. The van der Waals surface area contributed by atoms with E-state index in [0.29, 0.717) is 19.6 Å².